The summed E-state index contributed by atoms with van der Waals surface area (Å²) in [5, 5.41) is 13.1. The Labute approximate surface area is 280 Å². The summed E-state index contributed by atoms with van der Waals surface area (Å²) in [4.78, 5) is 2.39. The van der Waals surface area contributed by atoms with E-state index >= 15 is 0 Å². The Morgan fingerprint density at radius 1 is 0.479 bits per heavy atom. The standard InChI is InChI=1S/C44H28N2OS/c1-2-14-30(15-3-1)46(39-22-10-13-28-12-4-5-16-31(28)39)40-27-37-33-25-24-29(26-41(33)47-43(37)35-19-7-6-17-32(35)40)45-38-21-11-20-36-34-18-8-9-23-42(34)48-44(36)38/h1-27,45H. The van der Waals surface area contributed by atoms with Crippen LogP contribution < -0.4 is 10.2 Å². The van der Waals surface area contributed by atoms with Crippen molar-refractivity contribution in [1.82, 2.24) is 0 Å². The topological polar surface area (TPSA) is 28.4 Å². The monoisotopic (exact) mass is 632 g/mol. The molecule has 0 bridgehead atoms. The molecule has 0 atom stereocenters. The van der Waals surface area contributed by atoms with Gasteiger partial charge in [-0.1, -0.05) is 109 Å². The predicted molar refractivity (Wildman–Crippen MR) is 206 cm³/mol. The van der Waals surface area contributed by atoms with Crippen LogP contribution in [0.25, 0.3) is 63.7 Å². The fraction of sp³-hybridized carbons (Fsp3) is 0. The third-order valence-corrected chi connectivity index (χ3v) is 10.6. The Morgan fingerprint density at radius 3 is 2.08 bits per heavy atom. The molecule has 0 saturated carbocycles. The highest BCUT2D eigenvalue weighted by Crippen LogP contribution is 2.46. The lowest BCUT2D eigenvalue weighted by atomic mass is 10.0. The summed E-state index contributed by atoms with van der Waals surface area (Å²) >= 11 is 1.83. The highest BCUT2D eigenvalue weighted by Gasteiger charge is 2.21. The Kier molecular flexibility index (Phi) is 6.05. The molecule has 0 radical (unpaired) electrons. The summed E-state index contributed by atoms with van der Waals surface area (Å²) in [7, 11) is 0. The van der Waals surface area contributed by atoms with Gasteiger partial charge in [0.15, 0.2) is 0 Å². The van der Waals surface area contributed by atoms with Gasteiger partial charge in [0.2, 0.25) is 0 Å². The van der Waals surface area contributed by atoms with Gasteiger partial charge in [0.25, 0.3) is 0 Å². The first kappa shape index (κ1) is 27.1. The third kappa shape index (κ3) is 4.20. The number of nitrogens with zero attached hydrogens (tertiary/aromatic N) is 1. The molecule has 8 aromatic carbocycles. The summed E-state index contributed by atoms with van der Waals surface area (Å²) in [6.07, 6.45) is 0. The van der Waals surface area contributed by atoms with E-state index in [4.69, 9.17) is 4.42 Å². The number of para-hydroxylation sites is 1. The first-order valence-electron chi connectivity index (χ1n) is 16.2. The van der Waals surface area contributed by atoms with Gasteiger partial charge in [0, 0.05) is 59.8 Å². The minimum absolute atomic E-state index is 0.859. The van der Waals surface area contributed by atoms with Gasteiger partial charge in [-0.05, 0) is 53.9 Å². The van der Waals surface area contributed by atoms with Crippen LogP contribution in [0.4, 0.5) is 28.4 Å². The van der Waals surface area contributed by atoms with Gasteiger partial charge in [0.05, 0.1) is 21.8 Å². The molecule has 48 heavy (non-hydrogen) atoms. The highest BCUT2D eigenvalue weighted by atomic mass is 32.1. The van der Waals surface area contributed by atoms with Crippen LogP contribution in [-0.2, 0) is 0 Å². The Morgan fingerprint density at radius 2 is 1.19 bits per heavy atom. The van der Waals surface area contributed by atoms with Crippen LogP contribution in [0.2, 0.25) is 0 Å². The van der Waals surface area contributed by atoms with E-state index in [1.807, 2.05) is 11.3 Å². The molecular weight excluding hydrogens is 605 g/mol. The van der Waals surface area contributed by atoms with Crippen molar-refractivity contribution in [2.75, 3.05) is 10.2 Å². The van der Waals surface area contributed by atoms with E-state index in [1.165, 1.54) is 30.9 Å². The van der Waals surface area contributed by atoms with Crippen LogP contribution >= 0.6 is 11.3 Å². The number of fused-ring (bicyclic) bond motifs is 9. The number of hydrogen-bond acceptors (Lipinski definition) is 4. The normalized spacial score (nSPS) is 11.8. The van der Waals surface area contributed by atoms with E-state index in [0.717, 1.165) is 61.1 Å². The van der Waals surface area contributed by atoms with Gasteiger partial charge < -0.3 is 14.6 Å². The molecule has 2 aromatic heterocycles. The zero-order chi connectivity index (χ0) is 31.6. The van der Waals surface area contributed by atoms with Gasteiger partial charge in [-0.15, -0.1) is 11.3 Å². The van der Waals surface area contributed by atoms with E-state index in [0.29, 0.717) is 0 Å². The number of furan rings is 1. The number of benzene rings is 8. The van der Waals surface area contributed by atoms with Crippen LogP contribution in [0.3, 0.4) is 0 Å². The van der Waals surface area contributed by atoms with E-state index in [1.54, 1.807) is 0 Å². The van der Waals surface area contributed by atoms with Gasteiger partial charge >= 0.3 is 0 Å². The molecule has 0 amide bonds. The largest absolute Gasteiger partial charge is 0.455 e. The summed E-state index contributed by atoms with van der Waals surface area (Å²) in [6, 6.07) is 58.3. The predicted octanol–water partition coefficient (Wildman–Crippen LogP) is 13.5. The van der Waals surface area contributed by atoms with E-state index in [2.05, 4.69) is 174 Å². The van der Waals surface area contributed by atoms with Crippen LogP contribution in [0.5, 0.6) is 0 Å². The molecule has 2 heterocycles. The van der Waals surface area contributed by atoms with Crippen molar-refractivity contribution in [3.8, 4) is 0 Å². The quantitative estimate of drug-likeness (QED) is 0.205. The molecule has 0 aliphatic heterocycles. The second kappa shape index (κ2) is 10.7. The van der Waals surface area contributed by atoms with Crippen LogP contribution in [0, 0.1) is 0 Å². The maximum atomic E-state index is 6.74. The number of rotatable bonds is 5. The second-order valence-corrected chi connectivity index (χ2v) is 13.3. The molecular formula is C44H28N2OS. The summed E-state index contributed by atoms with van der Waals surface area (Å²) < 4.78 is 9.29. The smallest absolute Gasteiger partial charge is 0.143 e. The van der Waals surface area contributed by atoms with Crippen molar-refractivity contribution in [3.05, 3.63) is 164 Å². The lowest BCUT2D eigenvalue weighted by molar-refractivity contribution is 0.673. The lowest BCUT2D eigenvalue weighted by Crippen LogP contribution is -2.11. The number of thiophene rings is 1. The average Bonchev–Trinajstić information content (AvgIpc) is 3.71. The minimum Gasteiger partial charge on any atom is -0.455 e. The fourth-order valence-corrected chi connectivity index (χ4v) is 8.40. The van der Waals surface area contributed by atoms with Crippen molar-refractivity contribution in [2.45, 2.75) is 0 Å². The number of anilines is 5. The molecule has 0 spiro atoms. The first-order chi connectivity index (χ1) is 23.8. The molecule has 0 aliphatic rings. The summed E-state index contributed by atoms with van der Waals surface area (Å²) in [5.74, 6) is 0. The zero-order valence-corrected chi connectivity index (χ0v) is 26.7. The summed E-state index contributed by atoms with van der Waals surface area (Å²) in [6.45, 7) is 0. The molecule has 0 fully saturated rings. The Bertz CT molecular complexity index is 2830. The van der Waals surface area contributed by atoms with Crippen LogP contribution in [0.15, 0.2) is 168 Å². The van der Waals surface area contributed by atoms with Crippen molar-refractivity contribution in [2.24, 2.45) is 0 Å². The minimum atomic E-state index is 0.859. The van der Waals surface area contributed by atoms with E-state index in [-0.39, 0.29) is 0 Å². The SMILES string of the molecule is c1ccc(N(c2cccc3ccccc23)c2cc3c4ccc(Nc5cccc6c5sc5ccccc56)cc4oc3c3ccccc23)cc1. The highest BCUT2D eigenvalue weighted by molar-refractivity contribution is 7.26. The maximum absolute atomic E-state index is 6.74. The summed E-state index contributed by atoms with van der Waals surface area (Å²) in [5.41, 5.74) is 7.22. The number of hydrogen-bond donors (Lipinski definition) is 1. The molecule has 3 nitrogen and oxygen atoms in total. The fourth-order valence-electron chi connectivity index (χ4n) is 7.23. The maximum Gasteiger partial charge on any atom is 0.143 e. The molecule has 226 valence electrons. The van der Waals surface area contributed by atoms with Crippen molar-refractivity contribution in [1.29, 1.82) is 0 Å². The van der Waals surface area contributed by atoms with Gasteiger partial charge in [-0.2, -0.15) is 0 Å². The van der Waals surface area contributed by atoms with E-state index in [9.17, 15) is 0 Å². The lowest BCUT2D eigenvalue weighted by Gasteiger charge is -2.28. The van der Waals surface area contributed by atoms with Crippen molar-refractivity contribution < 1.29 is 4.42 Å². The second-order valence-electron chi connectivity index (χ2n) is 12.2. The Balaban J connectivity index is 1.17. The van der Waals surface area contributed by atoms with E-state index < -0.39 is 0 Å². The van der Waals surface area contributed by atoms with Gasteiger partial charge in [0.1, 0.15) is 11.2 Å². The molecule has 10 rings (SSSR count). The number of nitrogens with one attached hydrogen (secondary N) is 1. The van der Waals surface area contributed by atoms with Crippen molar-refractivity contribution >= 4 is 103 Å². The van der Waals surface area contributed by atoms with Gasteiger partial charge in [-0.25, -0.2) is 0 Å². The molecule has 10 aromatic rings. The zero-order valence-electron chi connectivity index (χ0n) is 25.9. The molecule has 1 N–H and O–H groups in total. The third-order valence-electron chi connectivity index (χ3n) is 9.40. The molecule has 0 aliphatic carbocycles. The molecule has 0 unspecified atom stereocenters. The van der Waals surface area contributed by atoms with Gasteiger partial charge in [-0.3, -0.25) is 0 Å². The van der Waals surface area contributed by atoms with Crippen molar-refractivity contribution in [3.63, 3.8) is 0 Å². The van der Waals surface area contributed by atoms with Crippen LogP contribution in [-0.4, -0.2) is 0 Å². The molecule has 4 heteroatoms. The average molecular weight is 633 g/mol. The van der Waals surface area contributed by atoms with Crippen LogP contribution in [0.1, 0.15) is 0 Å². The first-order valence-corrected chi connectivity index (χ1v) is 17.0. The Hall–Kier alpha value is -6.10. The molecule has 0 saturated heterocycles.